The number of rotatable bonds is 3. The molecular formula is C11H10N8S. The van der Waals surface area contributed by atoms with Gasteiger partial charge in [0.2, 0.25) is 17.1 Å². The van der Waals surface area contributed by atoms with E-state index in [9.17, 15) is 0 Å². The van der Waals surface area contributed by atoms with Crippen LogP contribution in [0.1, 0.15) is 5.69 Å². The summed E-state index contributed by atoms with van der Waals surface area (Å²) in [4.78, 5) is 24.8. The Morgan fingerprint density at radius 2 is 2.00 bits per heavy atom. The molecule has 0 spiro atoms. The van der Waals surface area contributed by atoms with E-state index >= 15 is 0 Å². The number of hydrogen-bond acceptors (Lipinski definition) is 8. The van der Waals surface area contributed by atoms with Crippen molar-refractivity contribution in [2.75, 3.05) is 5.73 Å². The van der Waals surface area contributed by atoms with Gasteiger partial charge >= 0.3 is 0 Å². The van der Waals surface area contributed by atoms with E-state index in [1.807, 2.05) is 13.0 Å². The molecule has 3 aromatic heterocycles. The number of imidazole rings is 1. The Morgan fingerprint density at radius 1 is 1.10 bits per heavy atom. The van der Waals surface area contributed by atoms with Crippen LogP contribution in [0.3, 0.4) is 0 Å². The number of hydrogen-bond donors (Lipinski definition) is 1. The van der Waals surface area contributed by atoms with Crippen molar-refractivity contribution < 1.29 is 0 Å². The van der Waals surface area contributed by atoms with Crippen molar-refractivity contribution in [3.63, 3.8) is 0 Å². The Labute approximate surface area is 118 Å². The second-order valence-corrected chi connectivity index (χ2v) is 4.76. The molecule has 0 aromatic carbocycles. The van der Waals surface area contributed by atoms with Gasteiger partial charge in [0.05, 0.1) is 0 Å². The molecule has 8 nitrogen and oxygen atoms in total. The predicted molar refractivity (Wildman–Crippen MR) is 72.3 cm³/mol. The smallest absolute Gasteiger partial charge is 0.240 e. The number of nitrogens with zero attached hydrogens (tertiary/aromatic N) is 7. The minimum atomic E-state index is 0.138. The highest BCUT2D eigenvalue weighted by Gasteiger charge is 2.09. The van der Waals surface area contributed by atoms with E-state index in [2.05, 4.69) is 29.9 Å². The van der Waals surface area contributed by atoms with E-state index < -0.39 is 0 Å². The maximum Gasteiger partial charge on any atom is 0.240 e. The van der Waals surface area contributed by atoms with Gasteiger partial charge in [-0.2, -0.15) is 15.0 Å². The molecule has 0 saturated carbocycles. The van der Waals surface area contributed by atoms with Crippen LogP contribution in [0.4, 0.5) is 5.95 Å². The Balaban J connectivity index is 1.94. The van der Waals surface area contributed by atoms with Gasteiger partial charge in [-0.25, -0.2) is 15.0 Å². The van der Waals surface area contributed by atoms with Crippen LogP contribution in [0.5, 0.6) is 0 Å². The van der Waals surface area contributed by atoms with Crippen molar-refractivity contribution in [1.29, 1.82) is 0 Å². The second kappa shape index (κ2) is 5.21. The first-order valence-electron chi connectivity index (χ1n) is 5.68. The third-order valence-corrected chi connectivity index (χ3v) is 3.06. The van der Waals surface area contributed by atoms with Gasteiger partial charge in [-0.05, 0) is 24.8 Å². The highest BCUT2D eigenvalue weighted by Crippen LogP contribution is 2.21. The largest absolute Gasteiger partial charge is 0.368 e. The van der Waals surface area contributed by atoms with E-state index in [1.54, 1.807) is 29.5 Å². The molecule has 9 heteroatoms. The Bertz CT molecular complexity index is 727. The molecule has 0 radical (unpaired) electrons. The summed E-state index contributed by atoms with van der Waals surface area (Å²) in [6, 6.07) is 1.82. The van der Waals surface area contributed by atoms with Gasteiger partial charge in [-0.3, -0.25) is 4.57 Å². The zero-order valence-corrected chi connectivity index (χ0v) is 11.3. The average Bonchev–Trinajstić information content (AvgIpc) is 2.91. The summed E-state index contributed by atoms with van der Waals surface area (Å²) >= 11 is 1.23. The lowest BCUT2D eigenvalue weighted by Crippen LogP contribution is -2.06. The SMILES string of the molecule is Cc1ccnc(Sc2nc(N)nc(-n3ccnc3)n2)n1. The van der Waals surface area contributed by atoms with Gasteiger partial charge in [0.1, 0.15) is 6.33 Å². The molecule has 0 bridgehead atoms. The Hall–Kier alpha value is -2.55. The predicted octanol–water partition coefficient (Wildman–Crippen LogP) is 0.889. The number of nitrogen functional groups attached to an aromatic ring is 1. The second-order valence-electron chi connectivity index (χ2n) is 3.83. The van der Waals surface area contributed by atoms with Crippen molar-refractivity contribution in [3.05, 3.63) is 36.7 Å². The Morgan fingerprint density at radius 3 is 2.75 bits per heavy atom. The van der Waals surface area contributed by atoms with Gasteiger partial charge in [-0.1, -0.05) is 0 Å². The summed E-state index contributed by atoms with van der Waals surface area (Å²) in [5.41, 5.74) is 6.57. The maximum absolute atomic E-state index is 5.70. The third kappa shape index (κ3) is 2.72. The molecule has 100 valence electrons. The minimum Gasteiger partial charge on any atom is -0.368 e. The lowest BCUT2D eigenvalue weighted by atomic mass is 10.5. The zero-order valence-electron chi connectivity index (χ0n) is 10.5. The molecule has 0 aliphatic heterocycles. The van der Waals surface area contributed by atoms with E-state index in [0.717, 1.165) is 5.69 Å². The summed E-state index contributed by atoms with van der Waals surface area (Å²) in [6.45, 7) is 1.89. The van der Waals surface area contributed by atoms with Crippen LogP contribution in [0.2, 0.25) is 0 Å². The number of aromatic nitrogens is 7. The van der Waals surface area contributed by atoms with Crippen LogP contribution < -0.4 is 5.73 Å². The summed E-state index contributed by atoms with van der Waals surface area (Å²) in [5, 5.41) is 0.999. The van der Waals surface area contributed by atoms with E-state index in [-0.39, 0.29) is 5.95 Å². The first-order chi connectivity index (χ1) is 9.70. The molecule has 3 heterocycles. The summed E-state index contributed by atoms with van der Waals surface area (Å²) in [5.74, 6) is 0.545. The molecule has 0 fully saturated rings. The molecule has 0 aliphatic rings. The molecule has 3 rings (SSSR count). The van der Waals surface area contributed by atoms with Crippen molar-refractivity contribution in [3.8, 4) is 5.95 Å². The van der Waals surface area contributed by atoms with Crippen LogP contribution in [0.25, 0.3) is 5.95 Å². The lowest BCUT2D eigenvalue weighted by molar-refractivity contribution is 0.826. The first-order valence-corrected chi connectivity index (χ1v) is 6.50. The first kappa shape index (κ1) is 12.5. The van der Waals surface area contributed by atoms with Crippen LogP contribution in [-0.4, -0.2) is 34.5 Å². The summed E-state index contributed by atoms with van der Waals surface area (Å²) in [6.07, 6.45) is 6.64. The fourth-order valence-electron chi connectivity index (χ4n) is 1.46. The quantitative estimate of drug-likeness (QED) is 0.707. The molecule has 20 heavy (non-hydrogen) atoms. The van der Waals surface area contributed by atoms with E-state index in [1.165, 1.54) is 11.8 Å². The maximum atomic E-state index is 5.70. The fraction of sp³-hybridized carbons (Fsp3) is 0.0909. The van der Waals surface area contributed by atoms with Crippen LogP contribution in [0, 0.1) is 6.92 Å². The van der Waals surface area contributed by atoms with Crippen molar-refractivity contribution in [2.24, 2.45) is 0 Å². The molecule has 2 N–H and O–H groups in total. The van der Waals surface area contributed by atoms with Gasteiger partial charge in [0.25, 0.3) is 0 Å². The molecule has 0 unspecified atom stereocenters. The molecule has 0 atom stereocenters. The standard InChI is InChI=1S/C11H10N8S/c1-7-2-3-14-10(15-7)20-11-17-8(12)16-9(18-11)19-5-4-13-6-19/h2-6H,1H3,(H2,12,16,17,18). The molecule has 0 saturated heterocycles. The normalized spacial score (nSPS) is 10.7. The van der Waals surface area contributed by atoms with Crippen LogP contribution >= 0.6 is 11.8 Å². The monoisotopic (exact) mass is 286 g/mol. The number of anilines is 1. The third-order valence-electron chi connectivity index (χ3n) is 2.31. The van der Waals surface area contributed by atoms with Crippen LogP contribution in [-0.2, 0) is 0 Å². The minimum absolute atomic E-state index is 0.138. The van der Waals surface area contributed by atoms with Gasteiger partial charge in [-0.15, -0.1) is 0 Å². The van der Waals surface area contributed by atoms with Gasteiger partial charge in [0, 0.05) is 24.3 Å². The summed E-state index contributed by atoms with van der Waals surface area (Å²) in [7, 11) is 0. The molecule has 0 amide bonds. The van der Waals surface area contributed by atoms with E-state index in [4.69, 9.17) is 5.73 Å². The zero-order chi connectivity index (χ0) is 13.9. The topological polar surface area (TPSA) is 108 Å². The van der Waals surface area contributed by atoms with Gasteiger partial charge < -0.3 is 5.73 Å². The fourth-order valence-corrected chi connectivity index (χ4v) is 2.19. The highest BCUT2D eigenvalue weighted by atomic mass is 32.2. The van der Waals surface area contributed by atoms with Crippen molar-refractivity contribution in [1.82, 2.24) is 34.5 Å². The van der Waals surface area contributed by atoms with E-state index in [0.29, 0.717) is 16.3 Å². The molecule has 3 aromatic rings. The lowest BCUT2D eigenvalue weighted by Gasteiger charge is -2.04. The van der Waals surface area contributed by atoms with Crippen molar-refractivity contribution in [2.45, 2.75) is 17.2 Å². The summed E-state index contributed by atoms with van der Waals surface area (Å²) < 4.78 is 1.65. The average molecular weight is 286 g/mol. The van der Waals surface area contributed by atoms with Crippen LogP contribution in [0.15, 0.2) is 41.3 Å². The van der Waals surface area contributed by atoms with Gasteiger partial charge in [0.15, 0.2) is 5.16 Å². The number of aryl methyl sites for hydroxylation is 1. The highest BCUT2D eigenvalue weighted by molar-refractivity contribution is 7.99. The molecule has 0 aliphatic carbocycles. The Kier molecular flexibility index (Phi) is 3.25. The molecular weight excluding hydrogens is 276 g/mol. The van der Waals surface area contributed by atoms with Crippen molar-refractivity contribution >= 4 is 17.7 Å². The number of nitrogens with two attached hydrogens (primary N) is 1.